The van der Waals surface area contributed by atoms with Crippen molar-refractivity contribution in [2.24, 2.45) is 0 Å². The molecular weight excluding hydrogens is 256 g/mol. The maximum absolute atomic E-state index is 12.4. The summed E-state index contributed by atoms with van der Waals surface area (Å²) in [5, 5.41) is 11.9. The molecule has 5 nitrogen and oxygen atoms in total. The summed E-state index contributed by atoms with van der Waals surface area (Å²) < 4.78 is 0. The minimum Gasteiger partial charge on any atom is -0.480 e. The Labute approximate surface area is 118 Å². The van der Waals surface area contributed by atoms with Crippen LogP contribution in [0.25, 0.3) is 0 Å². The highest BCUT2D eigenvalue weighted by Crippen LogP contribution is 2.12. The first-order valence-electron chi connectivity index (χ1n) is 6.27. The van der Waals surface area contributed by atoms with Crippen molar-refractivity contribution in [2.75, 3.05) is 26.7 Å². The molecule has 0 atom stereocenters. The van der Waals surface area contributed by atoms with E-state index in [1.165, 1.54) is 0 Å². The van der Waals surface area contributed by atoms with Crippen molar-refractivity contribution in [3.8, 4) is 12.3 Å². The van der Waals surface area contributed by atoms with E-state index in [0.29, 0.717) is 12.0 Å². The number of nitrogens with one attached hydrogen (secondary N) is 1. The second-order valence-corrected chi connectivity index (χ2v) is 4.27. The highest BCUT2D eigenvalue weighted by molar-refractivity contribution is 5.97. The summed E-state index contributed by atoms with van der Waals surface area (Å²) in [5.41, 5.74) is 1.37. The summed E-state index contributed by atoms with van der Waals surface area (Å²) in [6.07, 6.45) is 5.88. The second kappa shape index (κ2) is 7.97. The van der Waals surface area contributed by atoms with Crippen LogP contribution in [0.1, 0.15) is 15.9 Å². The Bertz CT molecular complexity index is 520. The average Bonchev–Trinajstić information content (AvgIpc) is 2.44. The number of carbonyl (C=O) groups is 2. The summed E-state index contributed by atoms with van der Waals surface area (Å²) in [6, 6.07) is 7.16. The molecule has 0 heterocycles. The molecule has 0 bridgehead atoms. The standard InChI is InChI=1S/C15H18N2O3/c1-3-10-17(11-14(18)19)15(20)13-7-5-4-6-12(13)8-9-16-2/h1,4-7,16H,8-11H2,2H3,(H,18,19). The molecule has 0 spiro atoms. The molecule has 2 N–H and O–H groups in total. The average molecular weight is 274 g/mol. The fraction of sp³-hybridized carbons (Fsp3) is 0.333. The van der Waals surface area contributed by atoms with Gasteiger partial charge in [-0.15, -0.1) is 6.42 Å². The van der Waals surface area contributed by atoms with Crippen LogP contribution >= 0.6 is 0 Å². The van der Waals surface area contributed by atoms with E-state index >= 15 is 0 Å². The number of carboxylic acids is 1. The number of carbonyl (C=O) groups excluding carboxylic acids is 1. The van der Waals surface area contributed by atoms with Gasteiger partial charge < -0.3 is 15.3 Å². The normalized spacial score (nSPS) is 9.80. The summed E-state index contributed by atoms with van der Waals surface area (Å²) in [5.74, 6) is 0.884. The number of amides is 1. The predicted octanol–water partition coefficient (Wildman–Crippen LogP) is 0.609. The van der Waals surface area contributed by atoms with E-state index < -0.39 is 12.5 Å². The van der Waals surface area contributed by atoms with Gasteiger partial charge in [-0.05, 0) is 31.6 Å². The van der Waals surface area contributed by atoms with Crippen molar-refractivity contribution in [1.82, 2.24) is 10.2 Å². The minimum atomic E-state index is -1.08. The minimum absolute atomic E-state index is 0.0223. The molecule has 1 rings (SSSR count). The lowest BCUT2D eigenvalue weighted by Crippen LogP contribution is -2.36. The predicted molar refractivity (Wildman–Crippen MR) is 76.4 cm³/mol. The SMILES string of the molecule is C#CCN(CC(=O)O)C(=O)c1ccccc1CCNC. The third-order valence-electron chi connectivity index (χ3n) is 2.79. The number of carboxylic acid groups (broad SMARTS) is 1. The quantitative estimate of drug-likeness (QED) is 0.715. The van der Waals surface area contributed by atoms with E-state index in [0.717, 1.165) is 17.0 Å². The van der Waals surface area contributed by atoms with Crippen molar-refractivity contribution in [1.29, 1.82) is 0 Å². The maximum atomic E-state index is 12.4. The Morgan fingerprint density at radius 2 is 2.10 bits per heavy atom. The number of aliphatic carboxylic acids is 1. The second-order valence-electron chi connectivity index (χ2n) is 4.27. The lowest BCUT2D eigenvalue weighted by molar-refractivity contribution is -0.137. The fourth-order valence-electron chi connectivity index (χ4n) is 1.85. The number of hydrogen-bond donors (Lipinski definition) is 2. The number of nitrogens with zero attached hydrogens (tertiary/aromatic N) is 1. The summed E-state index contributed by atoms with van der Waals surface area (Å²) in [7, 11) is 1.83. The van der Waals surface area contributed by atoms with E-state index in [2.05, 4.69) is 11.2 Å². The Morgan fingerprint density at radius 1 is 1.40 bits per heavy atom. The molecule has 0 unspecified atom stereocenters. The van der Waals surface area contributed by atoms with Crippen molar-refractivity contribution in [3.05, 3.63) is 35.4 Å². The Hall–Kier alpha value is -2.32. The van der Waals surface area contributed by atoms with Gasteiger partial charge in [-0.1, -0.05) is 24.1 Å². The third kappa shape index (κ3) is 4.41. The summed E-state index contributed by atoms with van der Waals surface area (Å²) in [4.78, 5) is 24.4. The van der Waals surface area contributed by atoms with E-state index in [4.69, 9.17) is 11.5 Å². The van der Waals surface area contributed by atoms with Gasteiger partial charge in [0.1, 0.15) is 6.54 Å². The van der Waals surface area contributed by atoms with Gasteiger partial charge in [-0.3, -0.25) is 9.59 Å². The monoisotopic (exact) mass is 274 g/mol. The Kier molecular flexibility index (Phi) is 6.27. The molecule has 0 radical (unpaired) electrons. The first-order valence-corrected chi connectivity index (χ1v) is 6.27. The number of benzene rings is 1. The first kappa shape index (κ1) is 15.7. The highest BCUT2D eigenvalue weighted by Gasteiger charge is 2.19. The highest BCUT2D eigenvalue weighted by atomic mass is 16.4. The van der Waals surface area contributed by atoms with Gasteiger partial charge in [0.25, 0.3) is 5.91 Å². The maximum Gasteiger partial charge on any atom is 0.323 e. The van der Waals surface area contributed by atoms with Gasteiger partial charge in [0.05, 0.1) is 6.54 Å². The van der Waals surface area contributed by atoms with Crippen molar-refractivity contribution < 1.29 is 14.7 Å². The van der Waals surface area contributed by atoms with Crippen LogP contribution in [0.4, 0.5) is 0 Å². The van der Waals surface area contributed by atoms with Crippen molar-refractivity contribution >= 4 is 11.9 Å². The van der Waals surface area contributed by atoms with Gasteiger partial charge in [0, 0.05) is 5.56 Å². The topological polar surface area (TPSA) is 69.6 Å². The zero-order valence-electron chi connectivity index (χ0n) is 11.4. The van der Waals surface area contributed by atoms with Crippen LogP contribution in [-0.2, 0) is 11.2 Å². The number of hydrogen-bond acceptors (Lipinski definition) is 3. The van der Waals surface area contributed by atoms with Crippen LogP contribution in [0.15, 0.2) is 24.3 Å². The van der Waals surface area contributed by atoms with Gasteiger partial charge in [-0.25, -0.2) is 0 Å². The van der Waals surface area contributed by atoms with Crippen LogP contribution in [-0.4, -0.2) is 48.6 Å². The van der Waals surface area contributed by atoms with Crippen LogP contribution in [0, 0.1) is 12.3 Å². The Balaban J connectivity index is 2.99. The van der Waals surface area contributed by atoms with E-state index in [9.17, 15) is 9.59 Å². The van der Waals surface area contributed by atoms with Crippen LogP contribution in [0.3, 0.4) is 0 Å². The molecular formula is C15H18N2O3. The zero-order valence-corrected chi connectivity index (χ0v) is 11.4. The van der Waals surface area contributed by atoms with E-state index in [-0.39, 0.29) is 12.5 Å². The molecule has 1 aromatic rings. The van der Waals surface area contributed by atoms with Crippen LogP contribution in [0.5, 0.6) is 0 Å². The molecule has 0 aromatic heterocycles. The first-order chi connectivity index (χ1) is 9.60. The molecule has 0 aliphatic rings. The molecule has 0 aliphatic heterocycles. The molecule has 1 amide bonds. The van der Waals surface area contributed by atoms with E-state index in [1.54, 1.807) is 12.1 Å². The van der Waals surface area contributed by atoms with E-state index in [1.807, 2.05) is 19.2 Å². The molecule has 20 heavy (non-hydrogen) atoms. The number of likely N-dealkylation sites (N-methyl/N-ethyl adjacent to an activating group) is 1. The summed E-state index contributed by atoms with van der Waals surface area (Å²) >= 11 is 0. The smallest absolute Gasteiger partial charge is 0.323 e. The van der Waals surface area contributed by atoms with Gasteiger partial charge in [0.2, 0.25) is 0 Å². The van der Waals surface area contributed by atoms with Crippen LogP contribution < -0.4 is 5.32 Å². The zero-order chi connectivity index (χ0) is 15.0. The molecule has 0 aliphatic carbocycles. The molecule has 0 saturated heterocycles. The molecule has 0 saturated carbocycles. The Morgan fingerprint density at radius 3 is 2.70 bits per heavy atom. The third-order valence-corrected chi connectivity index (χ3v) is 2.79. The van der Waals surface area contributed by atoms with Crippen molar-refractivity contribution in [3.63, 3.8) is 0 Å². The van der Waals surface area contributed by atoms with Gasteiger partial charge in [0.15, 0.2) is 0 Å². The largest absolute Gasteiger partial charge is 0.480 e. The molecule has 1 aromatic carbocycles. The van der Waals surface area contributed by atoms with Crippen LogP contribution in [0.2, 0.25) is 0 Å². The fourth-order valence-corrected chi connectivity index (χ4v) is 1.85. The van der Waals surface area contributed by atoms with Crippen molar-refractivity contribution in [2.45, 2.75) is 6.42 Å². The molecule has 0 fully saturated rings. The van der Waals surface area contributed by atoms with Gasteiger partial charge in [-0.2, -0.15) is 0 Å². The lowest BCUT2D eigenvalue weighted by atomic mass is 10.0. The lowest BCUT2D eigenvalue weighted by Gasteiger charge is -2.19. The summed E-state index contributed by atoms with van der Waals surface area (Å²) in [6.45, 7) is 0.313. The molecule has 5 heteroatoms. The number of rotatable bonds is 7. The van der Waals surface area contributed by atoms with Gasteiger partial charge >= 0.3 is 5.97 Å². The number of terminal acetylenes is 1. The molecule has 106 valence electrons.